The number of hydrogen-bond acceptors (Lipinski definition) is 3. The van der Waals surface area contributed by atoms with Crippen LogP contribution in [0, 0.1) is 6.92 Å². The fraction of sp³-hybridized carbons (Fsp3) is 0.250. The Morgan fingerprint density at radius 1 is 0.762 bits per heavy atom. The molecule has 216 valence electrons. The number of unbranched alkanes of at least 4 members (excludes halogenated alkanes) is 1. The van der Waals surface area contributed by atoms with Crippen molar-refractivity contribution in [2.45, 2.75) is 59.5 Å². The lowest BCUT2D eigenvalue weighted by Crippen LogP contribution is -2.24. The minimum Gasteiger partial charge on any atom is -0.435 e. The highest BCUT2D eigenvalue weighted by Crippen LogP contribution is 2.32. The zero-order valence-corrected chi connectivity index (χ0v) is 24.2. The molecule has 0 spiro atoms. The van der Waals surface area contributed by atoms with Crippen LogP contribution < -0.4 is 4.74 Å². The summed E-state index contributed by atoms with van der Waals surface area (Å²) in [7, 11) is 0. The molecule has 0 fully saturated rings. The molecule has 42 heavy (non-hydrogen) atoms. The van der Waals surface area contributed by atoms with Crippen molar-refractivity contribution in [1.29, 1.82) is 0 Å². The Labute approximate surface area is 247 Å². The van der Waals surface area contributed by atoms with Crippen molar-refractivity contribution in [3.63, 3.8) is 0 Å². The van der Waals surface area contributed by atoms with Crippen molar-refractivity contribution in [3.8, 4) is 28.4 Å². The third-order valence-electron chi connectivity index (χ3n) is 7.28. The molecule has 6 heteroatoms. The molecule has 0 unspecified atom stereocenters. The Morgan fingerprint density at radius 3 is 2.05 bits per heavy atom. The number of nitrogens with zero attached hydrogens (tertiary/aromatic N) is 3. The van der Waals surface area contributed by atoms with Gasteiger partial charge in [-0.15, -0.1) is 0 Å². The minimum atomic E-state index is -2.86. The number of benzene rings is 4. The predicted octanol–water partition coefficient (Wildman–Crippen LogP) is 9.13. The number of imidazole rings is 1. The Kier molecular flexibility index (Phi) is 9.78. The third-order valence-corrected chi connectivity index (χ3v) is 7.28. The molecular formula is C36H37F2N3O. The number of aromatic nitrogens is 2. The molecule has 4 aromatic carbocycles. The Morgan fingerprint density at radius 2 is 1.40 bits per heavy atom. The number of rotatable bonds is 13. The quantitative estimate of drug-likeness (QED) is 0.143. The molecule has 0 saturated heterocycles. The van der Waals surface area contributed by atoms with Crippen molar-refractivity contribution in [3.05, 3.63) is 132 Å². The summed E-state index contributed by atoms with van der Waals surface area (Å²) in [5, 5.41) is 0. The van der Waals surface area contributed by atoms with Crippen LogP contribution in [-0.4, -0.2) is 21.1 Å². The van der Waals surface area contributed by atoms with E-state index < -0.39 is 6.61 Å². The number of aryl methyl sites for hydroxylation is 1. The Hall–Kier alpha value is -4.29. The van der Waals surface area contributed by atoms with E-state index in [-0.39, 0.29) is 5.75 Å². The predicted molar refractivity (Wildman–Crippen MR) is 165 cm³/mol. The smallest absolute Gasteiger partial charge is 0.387 e. The second kappa shape index (κ2) is 14.1. The molecule has 0 bridgehead atoms. The molecule has 5 aromatic rings. The van der Waals surface area contributed by atoms with Crippen LogP contribution in [0.5, 0.6) is 5.75 Å². The van der Waals surface area contributed by atoms with Gasteiger partial charge in [0, 0.05) is 37.3 Å². The molecule has 0 aliphatic rings. The standard InChI is InChI=1S/C36H37F2N3O/c1-3-4-21-41-33(34(30-16-7-5-8-17-30)39-35(41)31-18-9-6-10-19-31)26-40(24-28-14-11-13-27(2)22-28)25-29-15-12-20-32(23-29)42-36(37)38/h5-20,22-23,36H,3-4,21,24-26H2,1-2H3. The maximum Gasteiger partial charge on any atom is 0.387 e. The second-order valence-corrected chi connectivity index (χ2v) is 10.6. The van der Waals surface area contributed by atoms with Crippen LogP contribution in [0.2, 0.25) is 0 Å². The maximum atomic E-state index is 13.0. The monoisotopic (exact) mass is 565 g/mol. The van der Waals surface area contributed by atoms with Crippen LogP contribution >= 0.6 is 0 Å². The summed E-state index contributed by atoms with van der Waals surface area (Å²) in [4.78, 5) is 7.62. The van der Waals surface area contributed by atoms with Crippen LogP contribution in [0.4, 0.5) is 8.78 Å². The number of halogens is 2. The summed E-state index contributed by atoms with van der Waals surface area (Å²) in [6.45, 7) is 4.17. The molecule has 0 radical (unpaired) electrons. The molecule has 0 amide bonds. The van der Waals surface area contributed by atoms with E-state index in [1.54, 1.807) is 18.2 Å². The van der Waals surface area contributed by atoms with E-state index in [0.717, 1.165) is 53.3 Å². The summed E-state index contributed by atoms with van der Waals surface area (Å²) in [6.07, 6.45) is 2.10. The van der Waals surface area contributed by atoms with E-state index in [9.17, 15) is 8.78 Å². The molecular weight excluding hydrogens is 528 g/mol. The molecule has 1 aromatic heterocycles. The molecule has 0 saturated carbocycles. The van der Waals surface area contributed by atoms with Gasteiger partial charge < -0.3 is 9.30 Å². The third kappa shape index (κ3) is 7.51. The van der Waals surface area contributed by atoms with Crippen molar-refractivity contribution < 1.29 is 13.5 Å². The zero-order chi connectivity index (χ0) is 29.3. The van der Waals surface area contributed by atoms with Crippen molar-refractivity contribution >= 4 is 0 Å². The van der Waals surface area contributed by atoms with Crippen LogP contribution in [0.25, 0.3) is 22.6 Å². The van der Waals surface area contributed by atoms with Gasteiger partial charge in [-0.25, -0.2) is 4.98 Å². The minimum absolute atomic E-state index is 0.169. The van der Waals surface area contributed by atoms with Gasteiger partial charge in [0.2, 0.25) is 0 Å². The van der Waals surface area contributed by atoms with Crippen molar-refractivity contribution in [1.82, 2.24) is 14.5 Å². The largest absolute Gasteiger partial charge is 0.435 e. The first-order valence-corrected chi connectivity index (χ1v) is 14.5. The number of alkyl halides is 2. The summed E-state index contributed by atoms with van der Waals surface area (Å²) in [5.41, 5.74) is 7.56. The first-order valence-electron chi connectivity index (χ1n) is 14.5. The number of ether oxygens (including phenoxy) is 1. The lowest BCUT2D eigenvalue weighted by atomic mass is 10.1. The van der Waals surface area contributed by atoms with E-state index in [2.05, 4.69) is 84.0 Å². The van der Waals surface area contributed by atoms with Crippen LogP contribution in [0.3, 0.4) is 0 Å². The van der Waals surface area contributed by atoms with E-state index in [1.165, 1.54) is 11.1 Å². The molecule has 1 heterocycles. The average Bonchev–Trinajstić information content (AvgIpc) is 3.34. The second-order valence-electron chi connectivity index (χ2n) is 10.6. The van der Waals surface area contributed by atoms with Crippen molar-refractivity contribution in [2.24, 2.45) is 0 Å². The molecule has 0 atom stereocenters. The summed E-state index contributed by atoms with van der Waals surface area (Å²) < 4.78 is 33.0. The van der Waals surface area contributed by atoms with Gasteiger partial charge in [-0.2, -0.15) is 8.78 Å². The highest BCUT2D eigenvalue weighted by Gasteiger charge is 2.22. The van der Waals surface area contributed by atoms with E-state index in [0.29, 0.717) is 19.6 Å². The average molecular weight is 566 g/mol. The van der Waals surface area contributed by atoms with Gasteiger partial charge in [0.15, 0.2) is 0 Å². The van der Waals surface area contributed by atoms with E-state index >= 15 is 0 Å². The number of hydrogen-bond donors (Lipinski definition) is 0. The molecule has 5 rings (SSSR count). The van der Waals surface area contributed by atoms with Gasteiger partial charge in [-0.3, -0.25) is 4.90 Å². The normalized spacial score (nSPS) is 11.4. The molecule has 4 nitrogen and oxygen atoms in total. The highest BCUT2D eigenvalue weighted by molar-refractivity contribution is 5.68. The van der Waals surface area contributed by atoms with Gasteiger partial charge in [-0.1, -0.05) is 116 Å². The Bertz CT molecular complexity index is 1570. The Balaban J connectivity index is 1.60. The van der Waals surface area contributed by atoms with Gasteiger partial charge in [0.05, 0.1) is 11.4 Å². The summed E-state index contributed by atoms with van der Waals surface area (Å²) in [6, 6.07) is 36.2. The maximum absolute atomic E-state index is 13.0. The van der Waals surface area contributed by atoms with E-state index in [1.807, 2.05) is 30.3 Å². The van der Waals surface area contributed by atoms with E-state index in [4.69, 9.17) is 9.72 Å². The van der Waals surface area contributed by atoms with Crippen LogP contribution in [-0.2, 0) is 26.2 Å². The van der Waals surface area contributed by atoms with Crippen LogP contribution in [0.1, 0.15) is 42.1 Å². The first kappa shape index (κ1) is 29.2. The lowest BCUT2D eigenvalue weighted by Gasteiger charge is -2.25. The summed E-state index contributed by atoms with van der Waals surface area (Å²) >= 11 is 0. The molecule has 0 aliphatic carbocycles. The van der Waals surface area contributed by atoms with Crippen LogP contribution in [0.15, 0.2) is 109 Å². The topological polar surface area (TPSA) is 30.3 Å². The van der Waals surface area contributed by atoms with Gasteiger partial charge in [0.1, 0.15) is 11.6 Å². The zero-order valence-electron chi connectivity index (χ0n) is 24.2. The van der Waals surface area contributed by atoms with Gasteiger partial charge in [0.25, 0.3) is 0 Å². The summed E-state index contributed by atoms with van der Waals surface area (Å²) in [5.74, 6) is 1.13. The fourth-order valence-electron chi connectivity index (χ4n) is 5.36. The lowest BCUT2D eigenvalue weighted by molar-refractivity contribution is -0.0499. The fourth-order valence-corrected chi connectivity index (χ4v) is 5.36. The first-order chi connectivity index (χ1) is 20.5. The SMILES string of the molecule is CCCCn1c(-c2ccccc2)nc(-c2ccccc2)c1CN(Cc1cccc(C)c1)Cc1cccc(OC(F)F)c1. The van der Waals surface area contributed by atoms with Gasteiger partial charge in [-0.05, 0) is 36.6 Å². The molecule has 0 aliphatic heterocycles. The molecule has 0 N–H and O–H groups in total. The highest BCUT2D eigenvalue weighted by atomic mass is 19.3. The van der Waals surface area contributed by atoms with Crippen molar-refractivity contribution in [2.75, 3.05) is 0 Å². The van der Waals surface area contributed by atoms with Gasteiger partial charge >= 0.3 is 6.61 Å².